The average Bonchev–Trinajstić information content (AvgIpc) is 3.35. The molecule has 2 fully saturated rings. The van der Waals surface area contributed by atoms with Gasteiger partial charge in [-0.2, -0.15) is 0 Å². The summed E-state index contributed by atoms with van der Waals surface area (Å²) >= 11 is 0. The van der Waals surface area contributed by atoms with E-state index >= 15 is 0 Å². The quantitative estimate of drug-likeness (QED) is 0.741. The fourth-order valence-electron chi connectivity index (χ4n) is 4.20. The van der Waals surface area contributed by atoms with Crippen molar-refractivity contribution in [2.45, 2.75) is 25.4 Å². The number of nitrogens with one attached hydrogen (secondary N) is 1. The van der Waals surface area contributed by atoms with Crippen LogP contribution in [0.3, 0.4) is 0 Å². The molecule has 8 nitrogen and oxygen atoms in total. The number of nitrogens with zero attached hydrogens (tertiary/aromatic N) is 4. The van der Waals surface area contributed by atoms with E-state index in [2.05, 4.69) is 21.3 Å². The van der Waals surface area contributed by atoms with Crippen LogP contribution >= 0.6 is 0 Å². The largest absolute Gasteiger partial charge is 0.376 e. The zero-order valence-corrected chi connectivity index (χ0v) is 15.3. The smallest absolute Gasteiger partial charge is 0.254 e. The molecule has 8 heteroatoms. The normalized spacial score (nSPS) is 26.7. The molecule has 1 amide bonds. The lowest BCUT2D eigenvalue weighted by Gasteiger charge is -2.38. The molecule has 5 rings (SSSR count). The van der Waals surface area contributed by atoms with E-state index in [1.54, 1.807) is 0 Å². The van der Waals surface area contributed by atoms with Gasteiger partial charge in [0.25, 0.3) is 5.91 Å². The van der Waals surface area contributed by atoms with Crippen molar-refractivity contribution in [1.82, 2.24) is 24.3 Å². The summed E-state index contributed by atoms with van der Waals surface area (Å²) in [5.74, 6) is 1.62. The zero-order valence-electron chi connectivity index (χ0n) is 15.3. The number of rotatable bonds is 2. The lowest BCUT2D eigenvalue weighted by atomic mass is 9.86. The number of piperidine rings is 1. The highest BCUT2D eigenvalue weighted by Crippen LogP contribution is 2.33. The van der Waals surface area contributed by atoms with E-state index in [1.165, 1.54) is 0 Å². The molecule has 2 saturated heterocycles. The van der Waals surface area contributed by atoms with E-state index in [1.807, 2.05) is 29.6 Å². The second-order valence-electron chi connectivity index (χ2n) is 7.44. The third-order valence-corrected chi connectivity index (χ3v) is 5.78. The molecule has 0 saturated carbocycles. The first kappa shape index (κ1) is 16.7. The predicted molar refractivity (Wildman–Crippen MR) is 98.5 cm³/mol. The van der Waals surface area contributed by atoms with Gasteiger partial charge < -0.3 is 19.4 Å². The third-order valence-electron chi connectivity index (χ3n) is 5.78. The molecule has 3 aromatic rings. The molecule has 5 heterocycles. The zero-order chi connectivity index (χ0) is 18.4. The van der Waals surface area contributed by atoms with Crippen LogP contribution in [0.25, 0.3) is 16.7 Å². The Hall–Kier alpha value is -2.45. The number of ether oxygens (including phenoxy) is 2. The van der Waals surface area contributed by atoms with Gasteiger partial charge in [-0.3, -0.25) is 9.20 Å². The van der Waals surface area contributed by atoms with Gasteiger partial charge in [0.1, 0.15) is 5.82 Å². The first-order chi connectivity index (χ1) is 13.2. The van der Waals surface area contributed by atoms with Gasteiger partial charge >= 0.3 is 0 Å². The number of H-pyrrole nitrogens is 1. The summed E-state index contributed by atoms with van der Waals surface area (Å²) in [6.45, 7) is 5.02. The molecule has 3 unspecified atom stereocenters. The van der Waals surface area contributed by atoms with Gasteiger partial charge in [-0.25, -0.2) is 9.97 Å². The second kappa shape index (κ2) is 6.61. The van der Waals surface area contributed by atoms with Crippen LogP contribution in [-0.2, 0) is 14.3 Å². The Kier molecular flexibility index (Phi) is 4.09. The molecule has 3 atom stereocenters. The molecule has 2 aliphatic heterocycles. The molecule has 142 valence electrons. The summed E-state index contributed by atoms with van der Waals surface area (Å²) in [5.41, 5.74) is 2.82. The van der Waals surface area contributed by atoms with Crippen molar-refractivity contribution in [2.24, 2.45) is 5.92 Å². The molecule has 1 N–H and O–H groups in total. The highest BCUT2D eigenvalue weighted by atomic mass is 16.6. The molecule has 27 heavy (non-hydrogen) atoms. The van der Waals surface area contributed by atoms with Gasteiger partial charge in [-0.15, -0.1) is 0 Å². The molecule has 3 aromatic heterocycles. The molecule has 2 aliphatic rings. The number of likely N-dealkylation sites (tertiary alicyclic amines) is 1. The Labute approximate surface area is 156 Å². The van der Waals surface area contributed by atoms with E-state index in [9.17, 15) is 4.79 Å². The van der Waals surface area contributed by atoms with E-state index in [0.29, 0.717) is 32.3 Å². The summed E-state index contributed by atoms with van der Waals surface area (Å²) in [4.78, 5) is 27.1. The first-order valence-corrected chi connectivity index (χ1v) is 9.50. The number of hydrogen-bond donors (Lipinski definition) is 1. The minimum Gasteiger partial charge on any atom is -0.376 e. The lowest BCUT2D eigenvalue weighted by molar-refractivity contribution is -0.159. The van der Waals surface area contributed by atoms with Gasteiger partial charge in [-0.1, -0.05) is 6.92 Å². The highest BCUT2D eigenvalue weighted by Gasteiger charge is 2.36. The number of amides is 1. The maximum Gasteiger partial charge on any atom is 0.254 e. The van der Waals surface area contributed by atoms with Crippen LogP contribution in [0.5, 0.6) is 0 Å². The molecule has 0 radical (unpaired) electrons. The Balaban J connectivity index is 1.47. The Morgan fingerprint density at radius 3 is 3.04 bits per heavy atom. The van der Waals surface area contributed by atoms with Crippen molar-refractivity contribution >= 4 is 22.6 Å². The maximum absolute atomic E-state index is 12.9. The Morgan fingerprint density at radius 2 is 2.19 bits per heavy atom. The van der Waals surface area contributed by atoms with Crippen LogP contribution in [0.4, 0.5) is 0 Å². The van der Waals surface area contributed by atoms with Crippen LogP contribution in [0.1, 0.15) is 25.1 Å². The minimum atomic E-state index is -0.481. The second-order valence-corrected chi connectivity index (χ2v) is 7.44. The lowest BCUT2D eigenvalue weighted by Crippen LogP contribution is -2.50. The number of carbonyl (C=O) groups is 1. The standard InChI is InChI=1S/C19H23N5O3/c1-12-3-5-23(19(25)16-11-26-6-7-27-16)10-14(12)18-22-9-13-8-21-17-15(24(13)18)2-4-20-17/h2,4,8-9,12,14,16,20H,3,5-7,10-11H2,1H3. The number of imidazole rings is 1. The average molecular weight is 369 g/mol. The Bertz CT molecular complexity index is 974. The van der Waals surface area contributed by atoms with Crippen LogP contribution in [0.2, 0.25) is 0 Å². The van der Waals surface area contributed by atoms with Crippen molar-refractivity contribution in [3.05, 3.63) is 30.5 Å². The van der Waals surface area contributed by atoms with Crippen molar-refractivity contribution in [1.29, 1.82) is 0 Å². The molecule has 0 aromatic carbocycles. The predicted octanol–water partition coefficient (Wildman–Crippen LogP) is 1.58. The van der Waals surface area contributed by atoms with Gasteiger partial charge in [0.15, 0.2) is 11.8 Å². The van der Waals surface area contributed by atoms with Crippen molar-refractivity contribution in [3.8, 4) is 0 Å². The molecular weight excluding hydrogens is 346 g/mol. The molecule has 0 spiro atoms. The van der Waals surface area contributed by atoms with Crippen LogP contribution in [0, 0.1) is 5.92 Å². The first-order valence-electron chi connectivity index (χ1n) is 9.50. The summed E-state index contributed by atoms with van der Waals surface area (Å²) < 4.78 is 13.2. The number of hydrogen-bond acceptors (Lipinski definition) is 5. The molecular formula is C19H23N5O3. The van der Waals surface area contributed by atoms with Gasteiger partial charge in [-0.05, 0) is 18.4 Å². The van der Waals surface area contributed by atoms with Gasteiger partial charge in [0.2, 0.25) is 0 Å². The van der Waals surface area contributed by atoms with Crippen LogP contribution < -0.4 is 0 Å². The van der Waals surface area contributed by atoms with E-state index in [0.717, 1.165) is 35.5 Å². The minimum absolute atomic E-state index is 0.0286. The number of fused-ring (bicyclic) bond motifs is 3. The van der Waals surface area contributed by atoms with E-state index in [4.69, 9.17) is 14.5 Å². The van der Waals surface area contributed by atoms with Crippen LogP contribution in [-0.4, -0.2) is 69.2 Å². The molecule has 0 bridgehead atoms. The van der Waals surface area contributed by atoms with Gasteiger partial charge in [0, 0.05) is 25.2 Å². The van der Waals surface area contributed by atoms with Crippen molar-refractivity contribution in [2.75, 3.05) is 32.9 Å². The number of carbonyl (C=O) groups excluding carboxylic acids is 1. The van der Waals surface area contributed by atoms with Crippen molar-refractivity contribution in [3.63, 3.8) is 0 Å². The van der Waals surface area contributed by atoms with Gasteiger partial charge in [0.05, 0.1) is 43.2 Å². The Morgan fingerprint density at radius 1 is 1.30 bits per heavy atom. The number of aromatic nitrogens is 4. The summed E-state index contributed by atoms with van der Waals surface area (Å²) in [7, 11) is 0. The summed E-state index contributed by atoms with van der Waals surface area (Å²) in [6.07, 6.45) is 6.05. The SMILES string of the molecule is CC1CCN(C(=O)C2COCCO2)CC1c1ncc2cnc3[nH]ccc3n12. The van der Waals surface area contributed by atoms with E-state index in [-0.39, 0.29) is 11.8 Å². The summed E-state index contributed by atoms with van der Waals surface area (Å²) in [6, 6.07) is 2.02. The number of aromatic amines is 1. The third kappa shape index (κ3) is 2.80. The topological polar surface area (TPSA) is 84.8 Å². The van der Waals surface area contributed by atoms with E-state index < -0.39 is 6.10 Å². The monoisotopic (exact) mass is 369 g/mol. The maximum atomic E-state index is 12.9. The molecule has 0 aliphatic carbocycles. The van der Waals surface area contributed by atoms with Crippen molar-refractivity contribution < 1.29 is 14.3 Å². The van der Waals surface area contributed by atoms with Crippen LogP contribution in [0.15, 0.2) is 24.7 Å². The fraction of sp³-hybridized carbons (Fsp3) is 0.526. The highest BCUT2D eigenvalue weighted by molar-refractivity contribution is 5.81. The fourth-order valence-corrected chi connectivity index (χ4v) is 4.20. The summed E-state index contributed by atoms with van der Waals surface area (Å²) in [5, 5.41) is 0.